The van der Waals surface area contributed by atoms with E-state index in [1.165, 1.54) is 0 Å². The van der Waals surface area contributed by atoms with Gasteiger partial charge in [0.05, 0.1) is 30.1 Å². The summed E-state index contributed by atoms with van der Waals surface area (Å²) in [5.41, 5.74) is -0.407. The van der Waals surface area contributed by atoms with E-state index in [-0.39, 0.29) is 30.4 Å². The second-order valence-electron chi connectivity index (χ2n) is 11.6. The Morgan fingerprint density at radius 3 is 2.38 bits per heavy atom. The van der Waals surface area contributed by atoms with Crippen LogP contribution in [0.25, 0.3) is 0 Å². The van der Waals surface area contributed by atoms with Gasteiger partial charge in [-0.2, -0.15) is 0 Å². The van der Waals surface area contributed by atoms with E-state index in [0.717, 1.165) is 18.4 Å². The third-order valence-electron chi connectivity index (χ3n) is 8.82. The van der Waals surface area contributed by atoms with Crippen molar-refractivity contribution in [2.75, 3.05) is 11.9 Å². The van der Waals surface area contributed by atoms with Crippen molar-refractivity contribution in [2.24, 2.45) is 11.8 Å². The first-order chi connectivity index (χ1) is 18.7. The fraction of sp³-hybridized carbons (Fsp3) is 0.516. The van der Waals surface area contributed by atoms with Gasteiger partial charge < -0.3 is 25.4 Å². The monoisotopic (exact) mass is 533 g/mol. The van der Waals surface area contributed by atoms with E-state index in [2.05, 4.69) is 17.6 Å². The van der Waals surface area contributed by atoms with E-state index in [1.54, 1.807) is 17.0 Å². The molecular weight excluding hydrogens is 494 g/mol. The van der Waals surface area contributed by atoms with Crippen molar-refractivity contribution < 1.29 is 24.2 Å². The number of para-hydroxylation sites is 1. The van der Waals surface area contributed by atoms with Crippen molar-refractivity contribution >= 4 is 23.4 Å². The van der Waals surface area contributed by atoms with Gasteiger partial charge in [-0.25, -0.2) is 0 Å². The molecule has 2 aromatic rings. The Balaban J connectivity index is 1.53. The van der Waals surface area contributed by atoms with Crippen LogP contribution in [0.3, 0.4) is 0 Å². The summed E-state index contributed by atoms with van der Waals surface area (Å²) in [5, 5.41) is 16.6. The van der Waals surface area contributed by atoms with Gasteiger partial charge in [0.2, 0.25) is 17.7 Å². The van der Waals surface area contributed by atoms with Gasteiger partial charge in [0, 0.05) is 11.7 Å². The quantitative estimate of drug-likeness (QED) is 0.434. The lowest BCUT2D eigenvalue weighted by Gasteiger charge is -2.37. The van der Waals surface area contributed by atoms with Gasteiger partial charge in [-0.05, 0) is 57.2 Å². The average molecular weight is 534 g/mol. The van der Waals surface area contributed by atoms with E-state index in [9.17, 15) is 19.5 Å². The summed E-state index contributed by atoms with van der Waals surface area (Å²) >= 11 is 0. The van der Waals surface area contributed by atoms with Crippen LogP contribution in [0.2, 0.25) is 0 Å². The van der Waals surface area contributed by atoms with E-state index < -0.39 is 35.1 Å². The summed E-state index contributed by atoms with van der Waals surface area (Å²) in [4.78, 5) is 43.7. The van der Waals surface area contributed by atoms with Gasteiger partial charge in [-0.15, -0.1) is 0 Å². The Morgan fingerprint density at radius 2 is 1.74 bits per heavy atom. The molecule has 0 saturated carbocycles. The standard InChI is InChI=1S/C31H39N3O5/c1-4-11-20(2)32-28(37)26-31-17-16-30(3,39-31)24(27(36)33-22-14-9-6-10-15-22)25(31)29(38)34(26)23(19-35)18-21-12-7-5-8-13-21/h5-10,12-15,20,23-26,35H,4,11,16-19H2,1-3H3,(H,32,37)(H,33,36)/t20?,23-,24-,25+,26?,30+,31?/m1/s1. The molecule has 39 heavy (non-hydrogen) atoms. The second-order valence-corrected chi connectivity index (χ2v) is 11.6. The third kappa shape index (κ3) is 4.74. The van der Waals surface area contributed by atoms with Crippen LogP contribution in [0.5, 0.6) is 0 Å². The maximum absolute atomic E-state index is 14.4. The van der Waals surface area contributed by atoms with Crippen molar-refractivity contribution in [3.05, 3.63) is 66.2 Å². The van der Waals surface area contributed by atoms with Crippen molar-refractivity contribution in [1.82, 2.24) is 10.2 Å². The molecule has 208 valence electrons. The second kappa shape index (κ2) is 10.7. The number of nitrogens with zero attached hydrogens (tertiary/aromatic N) is 1. The zero-order valence-electron chi connectivity index (χ0n) is 22.9. The molecule has 3 heterocycles. The number of anilines is 1. The summed E-state index contributed by atoms with van der Waals surface area (Å²) in [6.45, 7) is 5.59. The molecule has 3 aliphatic heterocycles. The number of aliphatic hydroxyl groups is 1. The maximum Gasteiger partial charge on any atom is 0.246 e. The number of hydrogen-bond donors (Lipinski definition) is 3. The number of hydrogen-bond acceptors (Lipinski definition) is 5. The van der Waals surface area contributed by atoms with Gasteiger partial charge >= 0.3 is 0 Å². The largest absolute Gasteiger partial charge is 0.394 e. The van der Waals surface area contributed by atoms with Crippen LogP contribution in [0.4, 0.5) is 5.69 Å². The molecule has 3 N–H and O–H groups in total. The Kier molecular flexibility index (Phi) is 7.53. The first kappa shape index (κ1) is 27.3. The zero-order chi connectivity index (χ0) is 27.8. The molecule has 0 radical (unpaired) electrons. The van der Waals surface area contributed by atoms with Crippen molar-refractivity contribution in [3.8, 4) is 0 Å². The SMILES string of the molecule is CCCC(C)NC(=O)C1N([C@@H](CO)Cc2ccccc2)C(=O)[C@@H]2[C@H](C(=O)Nc3ccccc3)[C@]3(C)CCC12O3. The highest BCUT2D eigenvalue weighted by Gasteiger charge is 2.78. The first-order valence-electron chi connectivity index (χ1n) is 14.1. The molecule has 0 aromatic heterocycles. The molecule has 7 atom stereocenters. The van der Waals surface area contributed by atoms with Crippen LogP contribution < -0.4 is 10.6 Å². The number of amides is 3. The summed E-state index contributed by atoms with van der Waals surface area (Å²) in [6.07, 6.45) is 3.16. The molecule has 2 bridgehead atoms. The molecule has 2 aromatic carbocycles. The lowest BCUT2D eigenvalue weighted by atomic mass is 9.66. The lowest BCUT2D eigenvalue weighted by Crippen LogP contribution is -2.59. The Hall–Kier alpha value is -3.23. The third-order valence-corrected chi connectivity index (χ3v) is 8.82. The van der Waals surface area contributed by atoms with Crippen LogP contribution in [-0.4, -0.2) is 63.7 Å². The van der Waals surface area contributed by atoms with Crippen LogP contribution in [0.1, 0.15) is 52.0 Å². The highest BCUT2D eigenvalue weighted by molar-refractivity contribution is 6.02. The number of fused-ring (bicyclic) bond motifs is 1. The van der Waals surface area contributed by atoms with Crippen molar-refractivity contribution in [3.63, 3.8) is 0 Å². The van der Waals surface area contributed by atoms with Gasteiger partial charge in [0.15, 0.2) is 0 Å². The molecule has 3 amide bonds. The molecular formula is C31H39N3O5. The molecule has 0 aliphatic carbocycles. The van der Waals surface area contributed by atoms with Gasteiger partial charge in [-0.3, -0.25) is 14.4 Å². The molecule has 3 aliphatic rings. The molecule has 8 heteroatoms. The minimum Gasteiger partial charge on any atom is -0.394 e. The van der Waals surface area contributed by atoms with E-state index in [4.69, 9.17) is 4.74 Å². The highest BCUT2D eigenvalue weighted by Crippen LogP contribution is 2.63. The molecule has 3 fully saturated rings. The minimum absolute atomic E-state index is 0.0806. The number of nitrogens with one attached hydrogen (secondary N) is 2. The molecule has 3 saturated heterocycles. The Bertz CT molecular complexity index is 1210. The van der Waals surface area contributed by atoms with Crippen molar-refractivity contribution in [1.29, 1.82) is 0 Å². The number of carbonyl (C=O) groups excluding carboxylic acids is 3. The van der Waals surface area contributed by atoms with Crippen LogP contribution in [0, 0.1) is 11.8 Å². The fourth-order valence-corrected chi connectivity index (χ4v) is 7.16. The maximum atomic E-state index is 14.4. The van der Waals surface area contributed by atoms with E-state index >= 15 is 0 Å². The van der Waals surface area contributed by atoms with E-state index in [0.29, 0.717) is 24.9 Å². The predicted molar refractivity (Wildman–Crippen MR) is 148 cm³/mol. The van der Waals surface area contributed by atoms with Crippen molar-refractivity contribution in [2.45, 2.75) is 82.2 Å². The number of likely N-dealkylation sites (tertiary alicyclic amines) is 1. The summed E-state index contributed by atoms with van der Waals surface area (Å²) in [7, 11) is 0. The Morgan fingerprint density at radius 1 is 1.08 bits per heavy atom. The van der Waals surface area contributed by atoms with E-state index in [1.807, 2.05) is 62.4 Å². The fourth-order valence-electron chi connectivity index (χ4n) is 7.16. The van der Waals surface area contributed by atoms with Crippen LogP contribution in [-0.2, 0) is 25.5 Å². The van der Waals surface area contributed by atoms with Crippen LogP contribution in [0.15, 0.2) is 60.7 Å². The predicted octanol–water partition coefficient (Wildman–Crippen LogP) is 3.30. The molecule has 3 unspecified atom stereocenters. The molecule has 5 rings (SSSR count). The number of benzene rings is 2. The average Bonchev–Trinajstić information content (AvgIpc) is 3.49. The Labute approximate surface area is 230 Å². The summed E-state index contributed by atoms with van der Waals surface area (Å²) in [5.74, 6) is -2.45. The lowest BCUT2D eigenvalue weighted by molar-refractivity contribution is -0.149. The first-order valence-corrected chi connectivity index (χ1v) is 14.1. The molecule has 8 nitrogen and oxygen atoms in total. The number of carbonyl (C=O) groups is 3. The smallest absolute Gasteiger partial charge is 0.246 e. The van der Waals surface area contributed by atoms with Gasteiger partial charge in [0.1, 0.15) is 11.6 Å². The topological polar surface area (TPSA) is 108 Å². The number of ether oxygens (including phenoxy) is 1. The van der Waals surface area contributed by atoms with Gasteiger partial charge in [-0.1, -0.05) is 61.9 Å². The van der Waals surface area contributed by atoms with Crippen LogP contribution >= 0.6 is 0 Å². The normalized spacial score (nSPS) is 30.6. The molecule has 1 spiro atoms. The zero-order valence-corrected chi connectivity index (χ0v) is 22.9. The highest BCUT2D eigenvalue weighted by atomic mass is 16.5. The number of rotatable bonds is 10. The summed E-state index contributed by atoms with van der Waals surface area (Å²) < 4.78 is 6.70. The van der Waals surface area contributed by atoms with Gasteiger partial charge in [0.25, 0.3) is 0 Å². The number of aliphatic hydroxyl groups excluding tert-OH is 1. The minimum atomic E-state index is -1.13. The summed E-state index contributed by atoms with van der Waals surface area (Å²) in [6, 6.07) is 17.1.